The van der Waals surface area contributed by atoms with Crippen LogP contribution in [0.25, 0.3) is 0 Å². The van der Waals surface area contributed by atoms with Gasteiger partial charge in [0.05, 0.1) is 36.3 Å². The predicted octanol–water partition coefficient (Wildman–Crippen LogP) is 3.64. The lowest BCUT2D eigenvalue weighted by Crippen LogP contribution is -2.36. The first-order valence-corrected chi connectivity index (χ1v) is 11.1. The fraction of sp³-hybridized carbons (Fsp3) is 0.333. The Bertz CT molecular complexity index is 1100. The molecule has 0 bridgehead atoms. The first-order chi connectivity index (χ1) is 16.0. The predicted molar refractivity (Wildman–Crippen MR) is 130 cm³/mol. The summed E-state index contributed by atoms with van der Waals surface area (Å²) in [6.07, 6.45) is 3.51. The van der Waals surface area contributed by atoms with Crippen molar-refractivity contribution in [1.29, 1.82) is 0 Å². The van der Waals surface area contributed by atoms with E-state index in [1.54, 1.807) is 18.5 Å². The van der Waals surface area contributed by atoms with E-state index in [4.69, 9.17) is 4.74 Å². The lowest BCUT2D eigenvalue weighted by molar-refractivity contribution is 0.0944. The number of ether oxygens (including phenoxy) is 1. The number of amides is 1. The van der Waals surface area contributed by atoms with Crippen molar-refractivity contribution in [3.8, 4) is 0 Å². The summed E-state index contributed by atoms with van der Waals surface area (Å²) in [6.45, 7) is 8.90. The van der Waals surface area contributed by atoms with Gasteiger partial charge in [-0.05, 0) is 45.0 Å². The molecule has 9 heteroatoms. The van der Waals surface area contributed by atoms with E-state index in [1.807, 2.05) is 51.1 Å². The molecule has 0 unspecified atom stereocenters. The minimum absolute atomic E-state index is 0.0467. The molecule has 0 radical (unpaired) electrons. The van der Waals surface area contributed by atoms with Gasteiger partial charge in [0, 0.05) is 30.9 Å². The van der Waals surface area contributed by atoms with Crippen molar-refractivity contribution in [2.45, 2.75) is 26.8 Å². The number of aryl methyl sites for hydroxylation is 1. The SMILES string of the molecule is Cc1cnc(Nc2ccc(N3CCOCC3)nc2)nc1Nc1ccccc1C(=O)NC(C)C. The monoisotopic (exact) mass is 447 g/mol. The van der Waals surface area contributed by atoms with Crippen LogP contribution in [-0.4, -0.2) is 53.2 Å². The summed E-state index contributed by atoms with van der Waals surface area (Å²) in [6, 6.07) is 11.4. The van der Waals surface area contributed by atoms with Crippen LogP contribution in [0.4, 0.5) is 29.0 Å². The number of benzene rings is 1. The van der Waals surface area contributed by atoms with E-state index in [1.165, 1.54) is 0 Å². The highest BCUT2D eigenvalue weighted by molar-refractivity contribution is 6.00. The highest BCUT2D eigenvalue weighted by atomic mass is 16.5. The minimum Gasteiger partial charge on any atom is -0.378 e. The number of nitrogens with one attached hydrogen (secondary N) is 3. The quantitative estimate of drug-likeness (QED) is 0.504. The van der Waals surface area contributed by atoms with Gasteiger partial charge in [-0.3, -0.25) is 4.79 Å². The molecule has 4 rings (SSSR count). The van der Waals surface area contributed by atoms with Crippen LogP contribution in [0.3, 0.4) is 0 Å². The summed E-state index contributed by atoms with van der Waals surface area (Å²) in [7, 11) is 0. The van der Waals surface area contributed by atoms with E-state index in [0.717, 1.165) is 43.4 Å². The second-order valence-corrected chi connectivity index (χ2v) is 8.15. The fourth-order valence-electron chi connectivity index (χ4n) is 3.46. The summed E-state index contributed by atoms with van der Waals surface area (Å²) < 4.78 is 5.40. The van der Waals surface area contributed by atoms with Gasteiger partial charge in [-0.2, -0.15) is 4.98 Å². The third-order valence-electron chi connectivity index (χ3n) is 5.16. The molecule has 1 aliphatic heterocycles. The van der Waals surface area contributed by atoms with Gasteiger partial charge in [0.2, 0.25) is 5.95 Å². The molecule has 9 nitrogen and oxygen atoms in total. The average molecular weight is 448 g/mol. The van der Waals surface area contributed by atoms with Crippen molar-refractivity contribution in [1.82, 2.24) is 20.3 Å². The normalized spacial score (nSPS) is 13.6. The molecule has 0 atom stereocenters. The van der Waals surface area contributed by atoms with Crippen LogP contribution in [0.2, 0.25) is 0 Å². The van der Waals surface area contributed by atoms with Gasteiger partial charge in [-0.15, -0.1) is 0 Å². The van der Waals surface area contributed by atoms with Crippen molar-refractivity contribution < 1.29 is 9.53 Å². The third kappa shape index (κ3) is 5.75. The number of carbonyl (C=O) groups excluding carboxylic acids is 1. The number of pyridine rings is 1. The number of hydrogen-bond donors (Lipinski definition) is 3. The van der Waals surface area contributed by atoms with Gasteiger partial charge < -0.3 is 25.6 Å². The van der Waals surface area contributed by atoms with E-state index in [-0.39, 0.29) is 11.9 Å². The molecule has 1 saturated heterocycles. The van der Waals surface area contributed by atoms with Crippen molar-refractivity contribution in [2.75, 3.05) is 41.8 Å². The van der Waals surface area contributed by atoms with Crippen LogP contribution in [0.15, 0.2) is 48.8 Å². The Morgan fingerprint density at radius 3 is 2.55 bits per heavy atom. The summed E-state index contributed by atoms with van der Waals surface area (Å²) in [4.78, 5) is 28.3. The van der Waals surface area contributed by atoms with Crippen LogP contribution >= 0.6 is 0 Å². The van der Waals surface area contributed by atoms with E-state index in [9.17, 15) is 4.79 Å². The molecular weight excluding hydrogens is 418 g/mol. The summed E-state index contributed by atoms with van der Waals surface area (Å²) in [5.41, 5.74) is 2.89. The van der Waals surface area contributed by atoms with Crippen molar-refractivity contribution in [3.63, 3.8) is 0 Å². The smallest absolute Gasteiger partial charge is 0.253 e. The fourth-order valence-corrected chi connectivity index (χ4v) is 3.46. The topological polar surface area (TPSA) is 104 Å². The van der Waals surface area contributed by atoms with Crippen LogP contribution in [0, 0.1) is 6.92 Å². The second-order valence-electron chi connectivity index (χ2n) is 8.15. The zero-order valence-electron chi connectivity index (χ0n) is 19.1. The molecule has 33 heavy (non-hydrogen) atoms. The maximum Gasteiger partial charge on any atom is 0.253 e. The number of morpholine rings is 1. The van der Waals surface area contributed by atoms with E-state index < -0.39 is 0 Å². The van der Waals surface area contributed by atoms with Gasteiger partial charge in [0.1, 0.15) is 11.6 Å². The second kappa shape index (κ2) is 10.3. The Hall–Kier alpha value is -3.72. The zero-order valence-corrected chi connectivity index (χ0v) is 19.1. The molecule has 1 aliphatic rings. The molecule has 0 spiro atoms. The van der Waals surface area contributed by atoms with Crippen LogP contribution < -0.4 is 20.9 Å². The molecule has 2 aromatic heterocycles. The van der Waals surface area contributed by atoms with Gasteiger partial charge in [-0.1, -0.05) is 12.1 Å². The lowest BCUT2D eigenvalue weighted by atomic mass is 10.1. The molecule has 3 N–H and O–H groups in total. The van der Waals surface area contributed by atoms with Crippen molar-refractivity contribution >= 4 is 34.9 Å². The van der Waals surface area contributed by atoms with Gasteiger partial charge in [0.15, 0.2) is 0 Å². The summed E-state index contributed by atoms with van der Waals surface area (Å²) in [5, 5.41) is 9.42. The number of aromatic nitrogens is 3. The minimum atomic E-state index is -0.135. The molecule has 1 fully saturated rings. The third-order valence-corrected chi connectivity index (χ3v) is 5.16. The van der Waals surface area contributed by atoms with Gasteiger partial charge in [-0.25, -0.2) is 9.97 Å². The van der Waals surface area contributed by atoms with Gasteiger partial charge >= 0.3 is 0 Å². The molecule has 0 aliphatic carbocycles. The number of carbonyl (C=O) groups is 1. The maximum absolute atomic E-state index is 12.6. The molecular formula is C24H29N7O2. The van der Waals surface area contributed by atoms with Crippen molar-refractivity contribution in [3.05, 3.63) is 59.9 Å². The first kappa shape index (κ1) is 22.5. The van der Waals surface area contributed by atoms with E-state index in [0.29, 0.717) is 23.0 Å². The van der Waals surface area contributed by atoms with E-state index >= 15 is 0 Å². The Morgan fingerprint density at radius 2 is 1.82 bits per heavy atom. The summed E-state index contributed by atoms with van der Waals surface area (Å²) in [5.74, 6) is 1.85. The van der Waals surface area contributed by atoms with E-state index in [2.05, 4.69) is 35.8 Å². The van der Waals surface area contributed by atoms with Crippen LogP contribution in [-0.2, 0) is 4.74 Å². The standard InChI is InChI=1S/C24H29N7O2/c1-16(2)27-23(32)19-6-4-5-7-20(19)29-22-17(3)14-26-24(30-22)28-18-8-9-21(25-15-18)31-10-12-33-13-11-31/h4-9,14-16H,10-13H2,1-3H3,(H,27,32)(H2,26,28,29,30). The average Bonchev–Trinajstić information content (AvgIpc) is 2.82. The lowest BCUT2D eigenvalue weighted by Gasteiger charge is -2.27. The van der Waals surface area contributed by atoms with Crippen LogP contribution in [0.1, 0.15) is 29.8 Å². The molecule has 1 amide bonds. The number of nitrogens with zero attached hydrogens (tertiary/aromatic N) is 4. The number of anilines is 5. The Labute approximate surface area is 193 Å². The molecule has 1 aromatic carbocycles. The number of hydrogen-bond acceptors (Lipinski definition) is 8. The largest absolute Gasteiger partial charge is 0.378 e. The maximum atomic E-state index is 12.6. The van der Waals surface area contributed by atoms with Gasteiger partial charge in [0.25, 0.3) is 5.91 Å². The first-order valence-electron chi connectivity index (χ1n) is 11.1. The Morgan fingerprint density at radius 1 is 1.03 bits per heavy atom. The highest BCUT2D eigenvalue weighted by Crippen LogP contribution is 2.24. The highest BCUT2D eigenvalue weighted by Gasteiger charge is 2.15. The number of rotatable bonds is 7. The Kier molecular flexibility index (Phi) is 6.99. The van der Waals surface area contributed by atoms with Crippen LogP contribution in [0.5, 0.6) is 0 Å². The Balaban J connectivity index is 1.49. The summed E-state index contributed by atoms with van der Waals surface area (Å²) >= 11 is 0. The van der Waals surface area contributed by atoms with Crippen molar-refractivity contribution in [2.24, 2.45) is 0 Å². The zero-order chi connectivity index (χ0) is 23.2. The molecule has 3 aromatic rings. The molecule has 0 saturated carbocycles. The number of para-hydroxylation sites is 1. The molecule has 3 heterocycles. The molecule has 172 valence electrons.